The zero-order valence-electron chi connectivity index (χ0n) is 8.94. The van der Waals surface area contributed by atoms with Crippen LogP contribution in [0.1, 0.15) is 22.8 Å². The van der Waals surface area contributed by atoms with Crippen LogP contribution in [0.3, 0.4) is 0 Å². The van der Waals surface area contributed by atoms with E-state index in [4.69, 9.17) is 4.74 Å². The molecule has 16 heavy (non-hydrogen) atoms. The fraction of sp³-hybridized carbons (Fsp3) is 0.200. The SMILES string of the molecule is c1ccc2c(c1)Cc1c-2cccc1[C@H]1CO1. The van der Waals surface area contributed by atoms with Gasteiger partial charge in [-0.15, -0.1) is 0 Å². The van der Waals surface area contributed by atoms with Crippen LogP contribution < -0.4 is 0 Å². The van der Waals surface area contributed by atoms with E-state index >= 15 is 0 Å². The third kappa shape index (κ3) is 1.09. The highest BCUT2D eigenvalue weighted by Gasteiger charge is 2.30. The van der Waals surface area contributed by atoms with Gasteiger partial charge in [0.1, 0.15) is 6.10 Å². The highest BCUT2D eigenvalue weighted by molar-refractivity contribution is 5.78. The van der Waals surface area contributed by atoms with Gasteiger partial charge < -0.3 is 4.74 Å². The lowest BCUT2D eigenvalue weighted by Gasteiger charge is -2.05. The Balaban J connectivity index is 1.96. The molecule has 78 valence electrons. The van der Waals surface area contributed by atoms with Crippen molar-refractivity contribution in [1.29, 1.82) is 0 Å². The second-order valence-electron chi connectivity index (χ2n) is 4.53. The maximum atomic E-state index is 5.42. The topological polar surface area (TPSA) is 12.5 Å². The van der Waals surface area contributed by atoms with Gasteiger partial charge in [0.15, 0.2) is 0 Å². The lowest BCUT2D eigenvalue weighted by molar-refractivity contribution is 0.415. The number of hydrogen-bond donors (Lipinski definition) is 0. The van der Waals surface area contributed by atoms with E-state index < -0.39 is 0 Å². The largest absolute Gasteiger partial charge is 0.368 e. The summed E-state index contributed by atoms with van der Waals surface area (Å²) in [5.41, 5.74) is 7.13. The second kappa shape index (κ2) is 2.96. The number of epoxide rings is 1. The second-order valence-corrected chi connectivity index (χ2v) is 4.53. The van der Waals surface area contributed by atoms with Gasteiger partial charge in [-0.05, 0) is 34.2 Å². The summed E-state index contributed by atoms with van der Waals surface area (Å²) in [4.78, 5) is 0. The van der Waals surface area contributed by atoms with Crippen molar-refractivity contribution in [2.75, 3.05) is 6.61 Å². The summed E-state index contributed by atoms with van der Waals surface area (Å²) in [6.45, 7) is 0.896. The van der Waals surface area contributed by atoms with Gasteiger partial charge in [-0.1, -0.05) is 42.5 Å². The third-order valence-electron chi connectivity index (χ3n) is 3.57. The maximum absolute atomic E-state index is 5.42. The predicted molar refractivity (Wildman–Crippen MR) is 63.4 cm³/mol. The lowest BCUT2D eigenvalue weighted by atomic mass is 9.99. The maximum Gasteiger partial charge on any atom is 0.106 e. The van der Waals surface area contributed by atoms with Gasteiger partial charge in [0.05, 0.1) is 6.61 Å². The van der Waals surface area contributed by atoms with Crippen molar-refractivity contribution in [3.05, 3.63) is 59.2 Å². The first-order valence-electron chi connectivity index (χ1n) is 5.75. The standard InChI is InChI=1S/C15H12O/c1-2-5-11-10(4-1)8-14-12(11)6-3-7-13(14)15-9-16-15/h1-7,15H,8-9H2/t15-/m1/s1. The molecule has 1 atom stereocenters. The fourth-order valence-corrected chi connectivity index (χ4v) is 2.71. The summed E-state index contributed by atoms with van der Waals surface area (Å²) >= 11 is 0. The molecule has 1 aliphatic heterocycles. The van der Waals surface area contributed by atoms with Crippen LogP contribution in [0, 0.1) is 0 Å². The quantitative estimate of drug-likeness (QED) is 0.559. The van der Waals surface area contributed by atoms with E-state index in [9.17, 15) is 0 Å². The Hall–Kier alpha value is -1.60. The smallest absolute Gasteiger partial charge is 0.106 e. The molecule has 4 rings (SSSR count). The average molecular weight is 208 g/mol. The molecule has 0 spiro atoms. The summed E-state index contributed by atoms with van der Waals surface area (Å²) in [6, 6.07) is 15.3. The van der Waals surface area contributed by atoms with E-state index in [0.29, 0.717) is 6.10 Å². The molecule has 0 N–H and O–H groups in total. The van der Waals surface area contributed by atoms with Crippen LogP contribution in [0.4, 0.5) is 0 Å². The van der Waals surface area contributed by atoms with E-state index in [1.165, 1.54) is 27.8 Å². The van der Waals surface area contributed by atoms with Crippen LogP contribution in [0.5, 0.6) is 0 Å². The predicted octanol–water partition coefficient (Wildman–Crippen LogP) is 3.33. The van der Waals surface area contributed by atoms with E-state index in [0.717, 1.165) is 13.0 Å². The van der Waals surface area contributed by atoms with Crippen LogP contribution in [0.15, 0.2) is 42.5 Å². The molecule has 1 aliphatic carbocycles. The Bertz CT molecular complexity index is 567. The van der Waals surface area contributed by atoms with Gasteiger partial charge in [0, 0.05) is 0 Å². The van der Waals surface area contributed by atoms with Crippen molar-refractivity contribution in [3.63, 3.8) is 0 Å². The van der Waals surface area contributed by atoms with Crippen molar-refractivity contribution in [3.8, 4) is 11.1 Å². The van der Waals surface area contributed by atoms with Crippen LogP contribution in [0.2, 0.25) is 0 Å². The number of benzene rings is 2. The lowest BCUT2D eigenvalue weighted by Crippen LogP contribution is -1.90. The molecule has 2 aromatic carbocycles. The highest BCUT2D eigenvalue weighted by atomic mass is 16.6. The first-order valence-corrected chi connectivity index (χ1v) is 5.75. The first-order chi connectivity index (χ1) is 7.93. The third-order valence-corrected chi connectivity index (χ3v) is 3.57. The van der Waals surface area contributed by atoms with Gasteiger partial charge in [-0.2, -0.15) is 0 Å². The summed E-state index contributed by atoms with van der Waals surface area (Å²) in [5.74, 6) is 0. The molecule has 2 aromatic rings. The van der Waals surface area contributed by atoms with E-state index in [-0.39, 0.29) is 0 Å². The van der Waals surface area contributed by atoms with Crippen molar-refractivity contribution >= 4 is 0 Å². The molecule has 0 saturated carbocycles. The van der Waals surface area contributed by atoms with Gasteiger partial charge in [-0.25, -0.2) is 0 Å². The van der Waals surface area contributed by atoms with Crippen LogP contribution in [-0.4, -0.2) is 6.61 Å². The molecule has 1 nitrogen and oxygen atoms in total. The molecule has 0 bridgehead atoms. The van der Waals surface area contributed by atoms with E-state index in [2.05, 4.69) is 42.5 Å². The zero-order valence-corrected chi connectivity index (χ0v) is 8.94. The van der Waals surface area contributed by atoms with Crippen molar-refractivity contribution in [2.24, 2.45) is 0 Å². The minimum Gasteiger partial charge on any atom is -0.368 e. The molecule has 1 saturated heterocycles. The number of fused-ring (bicyclic) bond motifs is 3. The minimum absolute atomic E-state index is 0.365. The van der Waals surface area contributed by atoms with Crippen LogP contribution in [0.25, 0.3) is 11.1 Å². The summed E-state index contributed by atoms with van der Waals surface area (Å²) in [5, 5.41) is 0. The van der Waals surface area contributed by atoms with Crippen molar-refractivity contribution < 1.29 is 4.74 Å². The molecular weight excluding hydrogens is 196 g/mol. The summed E-state index contributed by atoms with van der Waals surface area (Å²) in [6.07, 6.45) is 1.44. The van der Waals surface area contributed by atoms with Crippen molar-refractivity contribution in [2.45, 2.75) is 12.5 Å². The number of ether oxygens (including phenoxy) is 1. The van der Waals surface area contributed by atoms with Gasteiger partial charge >= 0.3 is 0 Å². The van der Waals surface area contributed by atoms with Gasteiger partial charge in [0.2, 0.25) is 0 Å². The van der Waals surface area contributed by atoms with Crippen molar-refractivity contribution in [1.82, 2.24) is 0 Å². The number of rotatable bonds is 1. The summed E-state index contributed by atoms with van der Waals surface area (Å²) < 4.78 is 5.42. The molecular formula is C15H12O. The first kappa shape index (κ1) is 8.54. The Labute approximate surface area is 94.7 Å². The van der Waals surface area contributed by atoms with Gasteiger partial charge in [-0.3, -0.25) is 0 Å². The molecule has 0 radical (unpaired) electrons. The number of hydrogen-bond acceptors (Lipinski definition) is 1. The summed E-state index contributed by atoms with van der Waals surface area (Å²) in [7, 11) is 0. The Morgan fingerprint density at radius 3 is 2.62 bits per heavy atom. The minimum atomic E-state index is 0.365. The normalized spacial score (nSPS) is 20.4. The molecule has 1 heteroatoms. The molecule has 0 unspecified atom stereocenters. The fourth-order valence-electron chi connectivity index (χ4n) is 2.71. The zero-order chi connectivity index (χ0) is 10.5. The Kier molecular flexibility index (Phi) is 1.58. The average Bonchev–Trinajstić information content (AvgIpc) is 3.09. The van der Waals surface area contributed by atoms with E-state index in [1.807, 2.05) is 0 Å². The molecule has 1 heterocycles. The molecule has 1 fully saturated rings. The molecule has 0 aromatic heterocycles. The van der Waals surface area contributed by atoms with Crippen LogP contribution in [-0.2, 0) is 11.2 Å². The monoisotopic (exact) mass is 208 g/mol. The van der Waals surface area contributed by atoms with Crippen LogP contribution >= 0.6 is 0 Å². The Morgan fingerprint density at radius 1 is 0.938 bits per heavy atom. The molecule has 2 aliphatic rings. The highest BCUT2D eigenvalue weighted by Crippen LogP contribution is 2.43. The van der Waals surface area contributed by atoms with E-state index in [1.54, 1.807) is 0 Å². The van der Waals surface area contributed by atoms with Gasteiger partial charge in [0.25, 0.3) is 0 Å². The molecule has 0 amide bonds. The Morgan fingerprint density at radius 2 is 1.75 bits per heavy atom.